The largest absolute Gasteiger partial charge is 0.490 e. The number of alkyl halides is 3. The molecular weight excluding hydrogens is 357 g/mol. The van der Waals surface area contributed by atoms with Crippen LogP contribution in [0.5, 0.6) is 5.75 Å². The molecule has 0 spiro atoms. The van der Waals surface area contributed by atoms with E-state index in [0.29, 0.717) is 16.5 Å². The SMILES string of the molecule is CC(C)Oc1ccc([C@H](N2CC(C)(C)C(=O)N2)C(F)(F)F)c2ccccc12. The summed E-state index contributed by atoms with van der Waals surface area (Å²) in [7, 11) is 0. The van der Waals surface area contributed by atoms with Crippen LogP contribution in [0.3, 0.4) is 0 Å². The number of carbonyl (C=O) groups is 1. The zero-order valence-corrected chi connectivity index (χ0v) is 15.7. The van der Waals surface area contributed by atoms with E-state index in [1.165, 1.54) is 6.07 Å². The molecule has 1 aliphatic heterocycles. The third kappa shape index (κ3) is 3.74. The Labute approximate surface area is 156 Å². The predicted octanol–water partition coefficient (Wildman–Crippen LogP) is 4.60. The van der Waals surface area contributed by atoms with Gasteiger partial charge in [-0.2, -0.15) is 13.2 Å². The number of hydrazine groups is 1. The van der Waals surface area contributed by atoms with Gasteiger partial charge < -0.3 is 4.74 Å². The fraction of sp³-hybridized carbons (Fsp3) is 0.450. The molecule has 0 unspecified atom stereocenters. The van der Waals surface area contributed by atoms with Crippen molar-refractivity contribution in [2.45, 2.75) is 46.0 Å². The number of ether oxygens (including phenoxy) is 1. The molecule has 3 rings (SSSR count). The third-order valence-corrected chi connectivity index (χ3v) is 4.62. The van der Waals surface area contributed by atoms with Crippen molar-refractivity contribution in [2.24, 2.45) is 5.41 Å². The number of fused-ring (bicyclic) bond motifs is 1. The molecule has 1 fully saturated rings. The third-order valence-electron chi connectivity index (χ3n) is 4.62. The Balaban J connectivity index is 2.14. The van der Waals surface area contributed by atoms with Crippen LogP contribution in [-0.2, 0) is 4.79 Å². The molecule has 146 valence electrons. The molecule has 2 aromatic rings. The lowest BCUT2D eigenvalue weighted by atomic mass is 9.93. The highest BCUT2D eigenvalue weighted by molar-refractivity contribution is 5.91. The highest BCUT2D eigenvalue weighted by Gasteiger charge is 2.51. The van der Waals surface area contributed by atoms with Crippen molar-refractivity contribution in [2.75, 3.05) is 6.54 Å². The van der Waals surface area contributed by atoms with E-state index in [-0.39, 0.29) is 18.2 Å². The Morgan fingerprint density at radius 3 is 2.26 bits per heavy atom. The summed E-state index contributed by atoms with van der Waals surface area (Å²) >= 11 is 0. The molecule has 27 heavy (non-hydrogen) atoms. The fourth-order valence-electron chi connectivity index (χ4n) is 3.39. The van der Waals surface area contributed by atoms with Gasteiger partial charge in [0.1, 0.15) is 5.75 Å². The maximum Gasteiger partial charge on any atom is 0.409 e. The Bertz CT molecular complexity index is 862. The van der Waals surface area contributed by atoms with Gasteiger partial charge in [0, 0.05) is 11.9 Å². The zero-order valence-electron chi connectivity index (χ0n) is 15.7. The highest BCUT2D eigenvalue weighted by atomic mass is 19.4. The quantitative estimate of drug-likeness (QED) is 0.843. The van der Waals surface area contributed by atoms with Crippen LogP contribution in [0.2, 0.25) is 0 Å². The van der Waals surface area contributed by atoms with Crippen molar-refractivity contribution >= 4 is 16.7 Å². The van der Waals surface area contributed by atoms with E-state index in [1.54, 1.807) is 44.2 Å². The van der Waals surface area contributed by atoms with E-state index < -0.39 is 23.5 Å². The summed E-state index contributed by atoms with van der Waals surface area (Å²) in [5.74, 6) is 0.122. The number of benzene rings is 2. The molecule has 7 heteroatoms. The van der Waals surface area contributed by atoms with Crippen LogP contribution in [0.15, 0.2) is 36.4 Å². The van der Waals surface area contributed by atoms with Gasteiger partial charge in [0.15, 0.2) is 6.04 Å². The topological polar surface area (TPSA) is 41.6 Å². The van der Waals surface area contributed by atoms with Crippen LogP contribution in [0.4, 0.5) is 13.2 Å². The molecule has 0 aliphatic carbocycles. The molecule has 0 aromatic heterocycles. The van der Waals surface area contributed by atoms with E-state index in [1.807, 2.05) is 13.8 Å². The number of amides is 1. The average Bonchev–Trinajstić information content (AvgIpc) is 2.80. The second kappa shape index (κ2) is 6.71. The molecule has 2 aromatic carbocycles. The summed E-state index contributed by atoms with van der Waals surface area (Å²) in [5.41, 5.74) is 1.61. The van der Waals surface area contributed by atoms with Crippen molar-refractivity contribution in [3.05, 3.63) is 42.0 Å². The van der Waals surface area contributed by atoms with Gasteiger partial charge in [0.2, 0.25) is 5.91 Å². The fourth-order valence-corrected chi connectivity index (χ4v) is 3.39. The number of halogens is 3. The molecule has 4 nitrogen and oxygen atoms in total. The summed E-state index contributed by atoms with van der Waals surface area (Å²) in [5, 5.41) is 2.06. The number of hydrogen-bond donors (Lipinski definition) is 1. The monoisotopic (exact) mass is 380 g/mol. The van der Waals surface area contributed by atoms with Crippen molar-refractivity contribution in [1.29, 1.82) is 0 Å². The van der Waals surface area contributed by atoms with E-state index in [4.69, 9.17) is 4.74 Å². The van der Waals surface area contributed by atoms with Gasteiger partial charge in [0.25, 0.3) is 0 Å². The van der Waals surface area contributed by atoms with Gasteiger partial charge >= 0.3 is 6.18 Å². The van der Waals surface area contributed by atoms with Gasteiger partial charge in [-0.05, 0) is 44.7 Å². The molecule has 1 heterocycles. The van der Waals surface area contributed by atoms with Crippen LogP contribution in [-0.4, -0.2) is 29.7 Å². The smallest absolute Gasteiger partial charge is 0.409 e. The van der Waals surface area contributed by atoms with Crippen molar-refractivity contribution in [3.8, 4) is 5.75 Å². The first-order chi connectivity index (χ1) is 12.5. The summed E-state index contributed by atoms with van der Waals surface area (Å²) in [6, 6.07) is 7.93. The molecule has 0 radical (unpaired) electrons. The van der Waals surface area contributed by atoms with Crippen LogP contribution in [0.25, 0.3) is 10.8 Å². The summed E-state index contributed by atoms with van der Waals surface area (Å²) in [4.78, 5) is 12.1. The Morgan fingerprint density at radius 2 is 1.74 bits per heavy atom. The standard InChI is InChI=1S/C20H23F3N2O2/c1-12(2)27-16-10-9-15(13-7-5-6-8-14(13)16)17(20(21,22)23)25-11-19(3,4)18(26)24-25/h5-10,12,17H,11H2,1-4H3,(H,24,26)/t17-/m0/s1. The van der Waals surface area contributed by atoms with E-state index in [2.05, 4.69) is 5.43 Å². The van der Waals surface area contributed by atoms with E-state index in [9.17, 15) is 18.0 Å². The van der Waals surface area contributed by atoms with E-state index in [0.717, 1.165) is 5.01 Å². The number of carbonyl (C=O) groups excluding carboxylic acids is 1. The molecular formula is C20H23F3N2O2. The molecule has 1 saturated heterocycles. The lowest BCUT2D eigenvalue weighted by Gasteiger charge is -2.31. The first-order valence-electron chi connectivity index (χ1n) is 8.83. The van der Waals surface area contributed by atoms with Crippen LogP contribution in [0, 0.1) is 5.41 Å². The first-order valence-corrected chi connectivity index (χ1v) is 8.83. The Kier molecular flexibility index (Phi) is 4.84. The zero-order chi connectivity index (χ0) is 20.0. The summed E-state index contributed by atoms with van der Waals surface area (Å²) in [6.07, 6.45) is -4.66. The minimum Gasteiger partial charge on any atom is -0.490 e. The molecule has 1 N–H and O–H groups in total. The van der Waals surface area contributed by atoms with Crippen molar-refractivity contribution < 1.29 is 22.7 Å². The number of rotatable bonds is 4. The molecule has 1 aliphatic rings. The van der Waals surface area contributed by atoms with Crippen LogP contribution < -0.4 is 10.2 Å². The maximum atomic E-state index is 14.1. The highest BCUT2D eigenvalue weighted by Crippen LogP contribution is 2.44. The first kappa shape index (κ1) is 19.5. The van der Waals surface area contributed by atoms with Gasteiger partial charge in [-0.1, -0.05) is 30.3 Å². The van der Waals surface area contributed by atoms with Crippen molar-refractivity contribution in [3.63, 3.8) is 0 Å². The van der Waals surface area contributed by atoms with Crippen molar-refractivity contribution in [1.82, 2.24) is 10.4 Å². The maximum absolute atomic E-state index is 14.1. The van der Waals surface area contributed by atoms with Gasteiger partial charge in [-0.3, -0.25) is 10.2 Å². The lowest BCUT2D eigenvalue weighted by Crippen LogP contribution is -2.43. The lowest BCUT2D eigenvalue weighted by molar-refractivity contribution is -0.191. The molecule has 1 amide bonds. The number of nitrogens with one attached hydrogen (secondary N) is 1. The Morgan fingerprint density at radius 1 is 1.11 bits per heavy atom. The summed E-state index contributed by atoms with van der Waals surface area (Å²) in [6.45, 7) is 6.96. The minimum absolute atomic E-state index is 0.0332. The molecule has 1 atom stereocenters. The molecule has 0 saturated carbocycles. The second-order valence-electron chi connectivity index (χ2n) is 7.76. The predicted molar refractivity (Wildman–Crippen MR) is 97.1 cm³/mol. The Hall–Kier alpha value is -2.28. The van der Waals surface area contributed by atoms with E-state index >= 15 is 0 Å². The average molecular weight is 380 g/mol. The number of hydrogen-bond acceptors (Lipinski definition) is 3. The van der Waals surface area contributed by atoms with Gasteiger partial charge in [-0.15, -0.1) is 0 Å². The minimum atomic E-state index is -4.56. The second-order valence-corrected chi connectivity index (χ2v) is 7.76. The number of nitrogens with zero attached hydrogens (tertiary/aromatic N) is 1. The van der Waals surface area contributed by atoms with Gasteiger partial charge in [-0.25, -0.2) is 5.01 Å². The van der Waals surface area contributed by atoms with Gasteiger partial charge in [0.05, 0.1) is 11.5 Å². The van der Waals surface area contributed by atoms with Crippen LogP contribution >= 0.6 is 0 Å². The summed E-state index contributed by atoms with van der Waals surface area (Å²) < 4.78 is 47.9. The normalized spacial score (nSPS) is 18.7. The molecule has 0 bridgehead atoms. The van der Waals surface area contributed by atoms with Crippen LogP contribution in [0.1, 0.15) is 39.3 Å².